The third kappa shape index (κ3) is 5.83. The van der Waals surface area contributed by atoms with Gasteiger partial charge in [0.15, 0.2) is 0 Å². The van der Waals surface area contributed by atoms with Crippen molar-refractivity contribution < 1.29 is 4.79 Å². The molecule has 3 aliphatic rings. The summed E-state index contributed by atoms with van der Waals surface area (Å²) in [5.41, 5.74) is 7.74. The van der Waals surface area contributed by atoms with Crippen molar-refractivity contribution in [3.05, 3.63) is 77.5 Å². The smallest absolute Gasteiger partial charge is 0.243 e. The van der Waals surface area contributed by atoms with Crippen LogP contribution in [-0.4, -0.2) is 72.8 Å². The zero-order valence-electron chi connectivity index (χ0n) is 26.2. The number of rotatable bonds is 4. The van der Waals surface area contributed by atoms with E-state index in [1.807, 2.05) is 28.2 Å². The fraction of sp³-hybridized carbons (Fsp3) is 0.471. The van der Waals surface area contributed by atoms with E-state index in [0.29, 0.717) is 19.0 Å². The molecular weight excluding hydrogens is 536 g/mol. The van der Waals surface area contributed by atoms with Gasteiger partial charge in [-0.05, 0) is 76.3 Å². The highest BCUT2D eigenvalue weighted by molar-refractivity contribution is 5.89. The van der Waals surface area contributed by atoms with E-state index in [-0.39, 0.29) is 5.91 Å². The molecule has 1 spiro atoms. The maximum atomic E-state index is 14.1. The van der Waals surface area contributed by atoms with Crippen LogP contribution in [0.3, 0.4) is 0 Å². The molecule has 1 unspecified atom stereocenters. The Bertz CT molecular complexity index is 1600. The van der Waals surface area contributed by atoms with Crippen molar-refractivity contribution in [3.8, 4) is 16.8 Å². The molecule has 1 aromatic carbocycles. The maximum Gasteiger partial charge on any atom is 0.243 e. The number of carbonyl (C=O) groups is 1. The van der Waals surface area contributed by atoms with Crippen LogP contribution in [0.5, 0.6) is 0 Å². The Labute approximate surface area is 255 Å². The van der Waals surface area contributed by atoms with Crippen molar-refractivity contribution in [2.45, 2.75) is 65.5 Å². The van der Waals surface area contributed by atoms with Crippen molar-refractivity contribution in [2.75, 3.05) is 26.2 Å². The van der Waals surface area contributed by atoms with Gasteiger partial charge in [0.2, 0.25) is 5.91 Å². The standard InChI is InChI=1S/C34H44N8O/c1-23-10-11-24(2)32(36-25(3)18-23)40-15-12-34(13-16-40)33(43)41(17-14-35-34)22-31-30(21-39(6)38-31)28-8-7-9-29(20-28)42-27(5)19-26(4)37-42/h7-9,18-21,24,35H,3,10-17,22H2,1-2,4-6H3/b23-18-,36-32?. The Morgan fingerprint density at radius 3 is 2.63 bits per heavy atom. The maximum absolute atomic E-state index is 14.1. The third-order valence-electron chi connectivity index (χ3n) is 9.22. The molecule has 3 aromatic rings. The van der Waals surface area contributed by atoms with E-state index in [2.05, 4.69) is 85.3 Å². The first-order chi connectivity index (χ1) is 20.6. The Morgan fingerprint density at radius 1 is 1.09 bits per heavy atom. The number of allylic oxidation sites excluding steroid dienone is 2. The van der Waals surface area contributed by atoms with Crippen molar-refractivity contribution in [1.82, 2.24) is 34.7 Å². The topological polar surface area (TPSA) is 83.6 Å². The van der Waals surface area contributed by atoms with Crippen LogP contribution >= 0.6 is 0 Å². The minimum atomic E-state index is -0.544. The van der Waals surface area contributed by atoms with Gasteiger partial charge in [-0.2, -0.15) is 10.2 Å². The molecule has 226 valence electrons. The van der Waals surface area contributed by atoms with Gasteiger partial charge in [-0.25, -0.2) is 9.67 Å². The Balaban J connectivity index is 1.19. The van der Waals surface area contributed by atoms with E-state index in [1.54, 1.807) is 0 Å². The summed E-state index contributed by atoms with van der Waals surface area (Å²) in [6.07, 6.45) is 7.82. The van der Waals surface area contributed by atoms with Gasteiger partial charge in [0.05, 0.1) is 29.3 Å². The quantitative estimate of drug-likeness (QED) is 0.473. The number of nitrogens with one attached hydrogen (secondary N) is 1. The number of amidine groups is 1. The number of aromatic nitrogens is 4. The number of amides is 1. The zero-order chi connectivity index (χ0) is 30.3. The molecule has 6 rings (SSSR count). The van der Waals surface area contributed by atoms with Gasteiger partial charge in [-0.15, -0.1) is 0 Å². The van der Waals surface area contributed by atoms with E-state index in [9.17, 15) is 4.79 Å². The molecule has 1 atom stereocenters. The molecule has 0 aliphatic carbocycles. The van der Waals surface area contributed by atoms with Crippen LogP contribution in [0.1, 0.15) is 56.6 Å². The first kappa shape index (κ1) is 29.1. The predicted octanol–water partition coefficient (Wildman–Crippen LogP) is 4.94. The molecule has 9 heteroatoms. The molecule has 2 fully saturated rings. The molecule has 0 bridgehead atoms. The number of aryl methyl sites for hydroxylation is 3. The van der Waals surface area contributed by atoms with E-state index in [4.69, 9.17) is 10.1 Å². The number of benzene rings is 1. The lowest BCUT2D eigenvalue weighted by atomic mass is 9.83. The normalized spacial score (nSPS) is 22.3. The lowest BCUT2D eigenvalue weighted by Gasteiger charge is -2.48. The monoisotopic (exact) mass is 580 g/mol. The summed E-state index contributed by atoms with van der Waals surface area (Å²) >= 11 is 0. The molecule has 2 aromatic heterocycles. The fourth-order valence-electron chi connectivity index (χ4n) is 6.94. The summed E-state index contributed by atoms with van der Waals surface area (Å²) < 4.78 is 3.82. The summed E-state index contributed by atoms with van der Waals surface area (Å²) in [5, 5.41) is 13.1. The first-order valence-corrected chi connectivity index (χ1v) is 15.5. The van der Waals surface area contributed by atoms with Crippen LogP contribution in [0.2, 0.25) is 0 Å². The number of nitrogens with zero attached hydrogens (tertiary/aromatic N) is 7. The Hall–Kier alpha value is -3.98. The van der Waals surface area contributed by atoms with Gasteiger partial charge in [-0.3, -0.25) is 9.48 Å². The predicted molar refractivity (Wildman–Crippen MR) is 171 cm³/mol. The van der Waals surface area contributed by atoms with Gasteiger partial charge in [0.25, 0.3) is 0 Å². The lowest BCUT2D eigenvalue weighted by molar-refractivity contribution is -0.144. The van der Waals surface area contributed by atoms with Crippen molar-refractivity contribution in [1.29, 1.82) is 0 Å². The average molecular weight is 581 g/mol. The van der Waals surface area contributed by atoms with E-state index in [1.165, 1.54) is 5.57 Å². The fourth-order valence-corrected chi connectivity index (χ4v) is 6.94. The van der Waals surface area contributed by atoms with Gasteiger partial charge in [0.1, 0.15) is 11.4 Å². The van der Waals surface area contributed by atoms with Crippen LogP contribution in [0.15, 0.2) is 65.4 Å². The molecule has 1 amide bonds. The summed E-state index contributed by atoms with van der Waals surface area (Å²) in [7, 11) is 1.94. The summed E-state index contributed by atoms with van der Waals surface area (Å²) in [4.78, 5) is 23.4. The van der Waals surface area contributed by atoms with Gasteiger partial charge in [-0.1, -0.05) is 31.2 Å². The molecule has 0 saturated carbocycles. The second-order valence-corrected chi connectivity index (χ2v) is 12.7. The Kier molecular flexibility index (Phi) is 7.85. The third-order valence-corrected chi connectivity index (χ3v) is 9.22. The molecule has 5 heterocycles. The highest BCUT2D eigenvalue weighted by atomic mass is 16.2. The van der Waals surface area contributed by atoms with E-state index >= 15 is 0 Å². The van der Waals surface area contributed by atoms with Crippen molar-refractivity contribution >= 4 is 11.7 Å². The molecule has 2 saturated heterocycles. The highest BCUT2D eigenvalue weighted by Gasteiger charge is 2.46. The number of piperidine rings is 1. The lowest BCUT2D eigenvalue weighted by Crippen LogP contribution is -2.67. The van der Waals surface area contributed by atoms with E-state index < -0.39 is 5.54 Å². The Morgan fingerprint density at radius 2 is 1.88 bits per heavy atom. The molecular formula is C34H44N8O. The minimum absolute atomic E-state index is 0.182. The number of hydrogen-bond donors (Lipinski definition) is 1. The molecule has 0 radical (unpaired) electrons. The molecule has 1 N–H and O–H groups in total. The minimum Gasteiger partial charge on any atom is -0.360 e. The van der Waals surface area contributed by atoms with Crippen LogP contribution in [0.25, 0.3) is 16.8 Å². The molecule has 9 nitrogen and oxygen atoms in total. The van der Waals surface area contributed by atoms with Crippen LogP contribution < -0.4 is 5.32 Å². The summed E-state index contributed by atoms with van der Waals surface area (Å²) in [6.45, 7) is 16.2. The van der Waals surface area contributed by atoms with Gasteiger partial charge >= 0.3 is 0 Å². The summed E-state index contributed by atoms with van der Waals surface area (Å²) in [5.74, 6) is 1.66. The molecule has 43 heavy (non-hydrogen) atoms. The van der Waals surface area contributed by atoms with Gasteiger partial charge < -0.3 is 15.1 Å². The second-order valence-electron chi connectivity index (χ2n) is 12.7. The number of aliphatic imine (C=N–C) groups is 1. The van der Waals surface area contributed by atoms with Crippen molar-refractivity contribution in [2.24, 2.45) is 18.0 Å². The number of piperazine rings is 1. The van der Waals surface area contributed by atoms with Crippen LogP contribution in [0, 0.1) is 19.8 Å². The SMILES string of the molecule is C=C1/C=C(/C)CCC(C)C(N2CCC3(CC2)NCCN(Cc2nn(C)cc2-c2cccc(-n4nc(C)cc4C)c2)C3=O)=N1. The van der Waals surface area contributed by atoms with Crippen LogP contribution in [-0.2, 0) is 18.4 Å². The first-order valence-electron chi connectivity index (χ1n) is 15.5. The van der Waals surface area contributed by atoms with E-state index in [0.717, 1.165) is 90.7 Å². The molecule has 3 aliphatic heterocycles. The average Bonchev–Trinajstić information content (AvgIpc) is 3.52. The number of carbonyl (C=O) groups excluding carboxylic acids is 1. The summed E-state index contributed by atoms with van der Waals surface area (Å²) in [6, 6.07) is 10.5. The van der Waals surface area contributed by atoms with Gasteiger partial charge in [0, 0.05) is 56.6 Å². The zero-order valence-corrected chi connectivity index (χ0v) is 26.2. The van der Waals surface area contributed by atoms with Crippen molar-refractivity contribution in [3.63, 3.8) is 0 Å². The number of hydrogen-bond acceptors (Lipinski definition) is 6. The second kappa shape index (κ2) is 11.6. The largest absolute Gasteiger partial charge is 0.360 e. The van der Waals surface area contributed by atoms with Crippen LogP contribution in [0.4, 0.5) is 0 Å². The number of likely N-dealkylation sites (tertiary alicyclic amines) is 1. The highest BCUT2D eigenvalue weighted by Crippen LogP contribution is 2.32.